The fourth-order valence-electron chi connectivity index (χ4n) is 2.35. The SMILES string of the molecule is CNC(c1ccc(F)cc1C)c1cccc(OC)c1F. The Morgan fingerprint density at radius 3 is 2.45 bits per heavy atom. The largest absolute Gasteiger partial charge is 0.494 e. The van der Waals surface area contributed by atoms with Crippen LogP contribution < -0.4 is 10.1 Å². The van der Waals surface area contributed by atoms with Crippen LogP contribution in [0.25, 0.3) is 0 Å². The first-order chi connectivity index (χ1) is 9.58. The summed E-state index contributed by atoms with van der Waals surface area (Å²) >= 11 is 0. The van der Waals surface area contributed by atoms with Crippen LogP contribution in [0, 0.1) is 18.6 Å². The van der Waals surface area contributed by atoms with Crippen LogP contribution in [-0.4, -0.2) is 14.2 Å². The third kappa shape index (κ3) is 2.65. The molecule has 0 aromatic heterocycles. The Morgan fingerprint density at radius 1 is 1.10 bits per heavy atom. The highest BCUT2D eigenvalue weighted by atomic mass is 19.1. The summed E-state index contributed by atoms with van der Waals surface area (Å²) in [5.41, 5.74) is 2.08. The van der Waals surface area contributed by atoms with Gasteiger partial charge in [-0.15, -0.1) is 0 Å². The highest BCUT2D eigenvalue weighted by Crippen LogP contribution is 2.30. The van der Waals surface area contributed by atoms with Crippen molar-refractivity contribution in [2.24, 2.45) is 0 Å². The number of ether oxygens (including phenoxy) is 1. The molecule has 0 aliphatic rings. The zero-order valence-corrected chi connectivity index (χ0v) is 11.7. The van der Waals surface area contributed by atoms with E-state index in [1.54, 1.807) is 38.2 Å². The minimum atomic E-state index is -0.405. The molecule has 0 heterocycles. The Kier molecular flexibility index (Phi) is 4.35. The van der Waals surface area contributed by atoms with Gasteiger partial charge in [-0.25, -0.2) is 8.78 Å². The Balaban J connectivity index is 2.52. The minimum absolute atomic E-state index is 0.197. The van der Waals surface area contributed by atoms with Crippen molar-refractivity contribution in [3.8, 4) is 5.75 Å². The molecule has 4 heteroatoms. The molecule has 1 atom stereocenters. The summed E-state index contributed by atoms with van der Waals surface area (Å²) in [6, 6.07) is 9.14. The maximum Gasteiger partial charge on any atom is 0.170 e. The van der Waals surface area contributed by atoms with E-state index in [0.717, 1.165) is 11.1 Å². The molecule has 0 bridgehead atoms. The highest BCUT2D eigenvalue weighted by molar-refractivity contribution is 5.41. The highest BCUT2D eigenvalue weighted by Gasteiger charge is 2.20. The van der Waals surface area contributed by atoms with Gasteiger partial charge in [-0.05, 0) is 43.3 Å². The van der Waals surface area contributed by atoms with Crippen molar-refractivity contribution in [2.75, 3.05) is 14.2 Å². The molecule has 2 rings (SSSR count). The summed E-state index contributed by atoms with van der Waals surface area (Å²) in [6.07, 6.45) is 0. The van der Waals surface area contributed by atoms with Crippen LogP contribution in [0.2, 0.25) is 0 Å². The molecule has 0 saturated carbocycles. The third-order valence-corrected chi connectivity index (χ3v) is 3.36. The Bertz CT molecular complexity index is 613. The topological polar surface area (TPSA) is 21.3 Å². The molecule has 0 amide bonds. The number of hydrogen-bond acceptors (Lipinski definition) is 2. The number of benzene rings is 2. The third-order valence-electron chi connectivity index (χ3n) is 3.36. The minimum Gasteiger partial charge on any atom is -0.494 e. The van der Waals surface area contributed by atoms with Gasteiger partial charge in [0.15, 0.2) is 11.6 Å². The standard InChI is InChI=1S/C16H17F2NO/c1-10-9-11(17)7-8-12(10)16(19-2)13-5-4-6-14(20-3)15(13)18/h4-9,16,19H,1-3H3. The first-order valence-electron chi connectivity index (χ1n) is 6.34. The first-order valence-corrected chi connectivity index (χ1v) is 6.34. The van der Waals surface area contributed by atoms with Crippen molar-refractivity contribution >= 4 is 0 Å². The number of aryl methyl sites for hydroxylation is 1. The molecule has 0 aliphatic heterocycles. The maximum atomic E-state index is 14.4. The van der Waals surface area contributed by atoms with Crippen LogP contribution in [0.15, 0.2) is 36.4 Å². The molecule has 0 radical (unpaired) electrons. The lowest BCUT2D eigenvalue weighted by Crippen LogP contribution is -2.20. The second-order valence-electron chi connectivity index (χ2n) is 4.59. The fraction of sp³-hybridized carbons (Fsp3) is 0.250. The summed E-state index contributed by atoms with van der Waals surface area (Å²) in [5, 5.41) is 3.07. The van der Waals surface area contributed by atoms with Crippen molar-refractivity contribution in [3.05, 3.63) is 64.7 Å². The Morgan fingerprint density at radius 2 is 1.85 bits per heavy atom. The molecule has 0 aliphatic carbocycles. The van der Waals surface area contributed by atoms with Crippen molar-refractivity contribution in [1.29, 1.82) is 0 Å². The van der Waals surface area contributed by atoms with E-state index in [-0.39, 0.29) is 17.6 Å². The molecular weight excluding hydrogens is 260 g/mol. The molecular formula is C16H17F2NO. The molecule has 106 valence electrons. The van der Waals surface area contributed by atoms with Crippen LogP contribution in [0.5, 0.6) is 5.75 Å². The van der Waals surface area contributed by atoms with Gasteiger partial charge in [0.2, 0.25) is 0 Å². The molecule has 2 aromatic rings. The molecule has 20 heavy (non-hydrogen) atoms. The lowest BCUT2D eigenvalue weighted by molar-refractivity contribution is 0.382. The zero-order chi connectivity index (χ0) is 14.7. The number of nitrogens with one attached hydrogen (secondary N) is 1. The van der Waals surface area contributed by atoms with E-state index >= 15 is 0 Å². The van der Waals surface area contributed by atoms with Crippen molar-refractivity contribution in [1.82, 2.24) is 5.32 Å². The van der Waals surface area contributed by atoms with E-state index in [1.165, 1.54) is 19.2 Å². The average Bonchev–Trinajstić information content (AvgIpc) is 2.43. The second kappa shape index (κ2) is 6.01. The maximum absolute atomic E-state index is 14.4. The van der Waals surface area contributed by atoms with E-state index in [9.17, 15) is 8.78 Å². The summed E-state index contributed by atoms with van der Waals surface area (Å²) < 4.78 is 32.6. The van der Waals surface area contributed by atoms with Crippen LogP contribution in [-0.2, 0) is 0 Å². The second-order valence-corrected chi connectivity index (χ2v) is 4.59. The van der Waals surface area contributed by atoms with Crippen LogP contribution >= 0.6 is 0 Å². The number of hydrogen-bond donors (Lipinski definition) is 1. The molecule has 2 nitrogen and oxygen atoms in total. The van der Waals surface area contributed by atoms with E-state index in [4.69, 9.17) is 4.74 Å². The normalized spacial score (nSPS) is 12.2. The molecule has 0 spiro atoms. The fourth-order valence-corrected chi connectivity index (χ4v) is 2.35. The van der Waals surface area contributed by atoms with Crippen molar-refractivity contribution in [2.45, 2.75) is 13.0 Å². The van der Waals surface area contributed by atoms with Gasteiger partial charge in [0.1, 0.15) is 5.82 Å². The van der Waals surface area contributed by atoms with Gasteiger partial charge in [0.25, 0.3) is 0 Å². The molecule has 2 aromatic carbocycles. The summed E-state index contributed by atoms with van der Waals surface area (Å²) in [7, 11) is 3.17. The molecule has 1 unspecified atom stereocenters. The van der Waals surface area contributed by atoms with Gasteiger partial charge in [-0.3, -0.25) is 0 Å². The average molecular weight is 277 g/mol. The van der Waals surface area contributed by atoms with Crippen molar-refractivity contribution in [3.63, 3.8) is 0 Å². The first kappa shape index (κ1) is 14.5. The lowest BCUT2D eigenvalue weighted by Gasteiger charge is -2.20. The van der Waals surface area contributed by atoms with E-state index < -0.39 is 5.82 Å². The van der Waals surface area contributed by atoms with E-state index in [1.807, 2.05) is 0 Å². The summed E-state index contributed by atoms with van der Waals surface area (Å²) in [6.45, 7) is 1.81. The van der Waals surface area contributed by atoms with Crippen LogP contribution in [0.4, 0.5) is 8.78 Å². The Labute approximate surface area is 117 Å². The van der Waals surface area contributed by atoms with Gasteiger partial charge in [-0.2, -0.15) is 0 Å². The monoisotopic (exact) mass is 277 g/mol. The van der Waals surface area contributed by atoms with Crippen LogP contribution in [0.1, 0.15) is 22.7 Å². The quantitative estimate of drug-likeness (QED) is 0.922. The van der Waals surface area contributed by atoms with E-state index in [2.05, 4.69) is 5.32 Å². The Hall–Kier alpha value is -1.94. The lowest BCUT2D eigenvalue weighted by atomic mass is 9.94. The van der Waals surface area contributed by atoms with E-state index in [0.29, 0.717) is 5.56 Å². The van der Waals surface area contributed by atoms with Crippen molar-refractivity contribution < 1.29 is 13.5 Å². The number of methoxy groups -OCH3 is 1. The molecule has 0 saturated heterocycles. The van der Waals surface area contributed by atoms with Gasteiger partial charge in [0, 0.05) is 5.56 Å². The van der Waals surface area contributed by atoms with Gasteiger partial charge >= 0.3 is 0 Å². The van der Waals surface area contributed by atoms with Gasteiger partial charge in [-0.1, -0.05) is 18.2 Å². The molecule has 1 N–H and O–H groups in total. The smallest absolute Gasteiger partial charge is 0.170 e. The van der Waals surface area contributed by atoms with Gasteiger partial charge in [0.05, 0.1) is 13.2 Å². The molecule has 0 fully saturated rings. The van der Waals surface area contributed by atoms with Gasteiger partial charge < -0.3 is 10.1 Å². The zero-order valence-electron chi connectivity index (χ0n) is 11.7. The number of halogens is 2. The summed E-state index contributed by atoms with van der Waals surface area (Å²) in [5.74, 6) is -0.507. The number of rotatable bonds is 4. The predicted octanol–water partition coefficient (Wildman–Crippen LogP) is 3.59. The van der Waals surface area contributed by atoms with Crippen LogP contribution in [0.3, 0.4) is 0 Å². The predicted molar refractivity (Wildman–Crippen MR) is 75.0 cm³/mol. The summed E-state index contributed by atoms with van der Waals surface area (Å²) in [4.78, 5) is 0.